The second-order valence-corrected chi connectivity index (χ2v) is 7.85. The van der Waals surface area contributed by atoms with Crippen molar-refractivity contribution < 1.29 is 39.7 Å². The van der Waals surface area contributed by atoms with Gasteiger partial charge in [-0.2, -0.15) is 31.4 Å². The summed E-state index contributed by atoms with van der Waals surface area (Å²) in [6.45, 7) is 1.27. The van der Waals surface area contributed by atoms with Gasteiger partial charge in [0.25, 0.3) is 5.56 Å². The summed E-state index contributed by atoms with van der Waals surface area (Å²) in [6, 6.07) is 8.12. The monoisotopic (exact) mass is 486 g/mol. The molecule has 13 heteroatoms. The maximum absolute atomic E-state index is 13.3. The van der Waals surface area contributed by atoms with Crippen LogP contribution in [0.2, 0.25) is 0 Å². The Hall–Kier alpha value is -3.74. The van der Waals surface area contributed by atoms with Gasteiger partial charge in [-0.05, 0) is 43.3 Å². The highest BCUT2D eigenvalue weighted by Gasteiger charge is 2.38. The molecule has 0 unspecified atom stereocenters. The number of halogens is 4. The van der Waals surface area contributed by atoms with Crippen LogP contribution in [0.5, 0.6) is 5.75 Å². The van der Waals surface area contributed by atoms with Gasteiger partial charge in [-0.3, -0.25) is 4.79 Å². The predicted octanol–water partition coefficient (Wildman–Crippen LogP) is 3.33. The molecule has 0 amide bonds. The molecule has 174 valence electrons. The quantitative estimate of drug-likeness (QED) is 0.299. The van der Waals surface area contributed by atoms with Crippen molar-refractivity contribution in [1.29, 1.82) is 0 Å². The minimum Gasteiger partial charge on any atom is -0.461 e. The van der Waals surface area contributed by atoms with Gasteiger partial charge in [0, 0.05) is 0 Å². The van der Waals surface area contributed by atoms with E-state index in [0.717, 1.165) is 36.4 Å². The fraction of sp³-hybridized carbons (Fsp3) is 0.150. The van der Waals surface area contributed by atoms with Crippen molar-refractivity contribution in [1.82, 2.24) is 9.78 Å². The molecule has 0 aliphatic carbocycles. The fourth-order valence-electron chi connectivity index (χ4n) is 2.69. The number of rotatable bonds is 6. The van der Waals surface area contributed by atoms with E-state index in [1.54, 1.807) is 0 Å². The van der Waals surface area contributed by atoms with Crippen LogP contribution in [-0.2, 0) is 21.0 Å². The molecule has 0 atom stereocenters. The molecule has 0 fully saturated rings. The second-order valence-electron chi connectivity index (χ2n) is 6.34. The number of carbonyl (C=O) groups excluding carboxylic acids is 1. The Bertz CT molecular complexity index is 1350. The molecule has 8 nitrogen and oxygen atoms in total. The number of ether oxygens (including phenoxy) is 1. The summed E-state index contributed by atoms with van der Waals surface area (Å²) in [5.74, 6) is -2.76. The average molecular weight is 486 g/mol. The van der Waals surface area contributed by atoms with Crippen LogP contribution >= 0.6 is 0 Å². The van der Waals surface area contributed by atoms with Gasteiger partial charge in [0.05, 0.1) is 23.9 Å². The van der Waals surface area contributed by atoms with Crippen LogP contribution in [0.1, 0.15) is 23.0 Å². The summed E-state index contributed by atoms with van der Waals surface area (Å²) >= 11 is 0. The molecule has 0 aliphatic rings. The minimum absolute atomic E-state index is 0.0174. The number of carbonyl (C=O) groups is 1. The first kappa shape index (κ1) is 23.9. The second kappa shape index (κ2) is 9.02. The Morgan fingerprint density at radius 3 is 2.33 bits per heavy atom. The van der Waals surface area contributed by atoms with E-state index in [1.165, 1.54) is 6.92 Å². The van der Waals surface area contributed by atoms with E-state index < -0.39 is 55.5 Å². The zero-order valence-corrected chi connectivity index (χ0v) is 17.5. The number of aromatic nitrogens is 2. The Balaban J connectivity index is 2.15. The largest absolute Gasteiger partial charge is 0.461 e. The topological polar surface area (TPSA) is 105 Å². The van der Waals surface area contributed by atoms with Crippen molar-refractivity contribution in [3.05, 3.63) is 82.0 Å². The number of benzene rings is 2. The summed E-state index contributed by atoms with van der Waals surface area (Å²) < 4.78 is 88.5. The fourth-order valence-corrected chi connectivity index (χ4v) is 3.85. The Kier molecular flexibility index (Phi) is 6.53. The number of alkyl halides is 3. The lowest BCUT2D eigenvalue weighted by molar-refractivity contribution is -0.140. The van der Waals surface area contributed by atoms with E-state index in [4.69, 9.17) is 8.92 Å². The average Bonchev–Trinajstić information content (AvgIpc) is 2.74. The van der Waals surface area contributed by atoms with Crippen LogP contribution in [0.15, 0.2) is 64.3 Å². The highest BCUT2D eigenvalue weighted by atomic mass is 32.2. The maximum atomic E-state index is 13.3. The summed E-state index contributed by atoms with van der Waals surface area (Å²) in [5, 5.41) is 3.74. The standard InChI is InChI=1S/C20H14F4N2O6S/c1-2-31-19(28)18-15(11-17(27)26(25-18)13-9-7-12(21)8-10-13)32-33(29,30)16-6-4-3-5-14(16)20(22,23)24/h3-11H,2H2,1H3. The van der Waals surface area contributed by atoms with E-state index in [2.05, 4.69) is 5.10 Å². The number of hydrogen-bond donors (Lipinski definition) is 0. The summed E-state index contributed by atoms with van der Waals surface area (Å²) in [6.07, 6.45) is -5.03. The molecule has 0 saturated heterocycles. The van der Waals surface area contributed by atoms with E-state index in [-0.39, 0.29) is 12.3 Å². The number of esters is 1. The van der Waals surface area contributed by atoms with Gasteiger partial charge in [0.1, 0.15) is 10.7 Å². The first-order valence-corrected chi connectivity index (χ1v) is 10.5. The summed E-state index contributed by atoms with van der Waals surface area (Å²) in [4.78, 5) is 23.6. The van der Waals surface area contributed by atoms with E-state index >= 15 is 0 Å². The third kappa shape index (κ3) is 5.19. The van der Waals surface area contributed by atoms with Crippen molar-refractivity contribution in [2.45, 2.75) is 18.0 Å². The van der Waals surface area contributed by atoms with Crippen LogP contribution in [0.4, 0.5) is 17.6 Å². The van der Waals surface area contributed by atoms with Gasteiger partial charge < -0.3 is 8.92 Å². The molecular weight excluding hydrogens is 472 g/mol. The van der Waals surface area contributed by atoms with Crippen molar-refractivity contribution in [2.75, 3.05) is 6.61 Å². The normalized spacial score (nSPS) is 11.8. The first-order valence-electron chi connectivity index (χ1n) is 9.12. The van der Waals surface area contributed by atoms with Gasteiger partial charge in [-0.15, -0.1) is 0 Å². The van der Waals surface area contributed by atoms with Crippen LogP contribution in [0.3, 0.4) is 0 Å². The molecule has 0 N–H and O–H groups in total. The van der Waals surface area contributed by atoms with Crippen LogP contribution in [-0.4, -0.2) is 30.8 Å². The molecule has 33 heavy (non-hydrogen) atoms. The van der Waals surface area contributed by atoms with E-state index in [9.17, 15) is 35.6 Å². The number of hydrogen-bond acceptors (Lipinski definition) is 7. The Morgan fingerprint density at radius 1 is 1.09 bits per heavy atom. The van der Waals surface area contributed by atoms with Crippen molar-refractivity contribution in [3.8, 4) is 11.4 Å². The van der Waals surface area contributed by atoms with Gasteiger partial charge >= 0.3 is 22.3 Å². The molecule has 3 aromatic rings. The van der Waals surface area contributed by atoms with Crippen LogP contribution in [0, 0.1) is 5.82 Å². The first-order chi connectivity index (χ1) is 15.4. The molecular formula is C20H14F4N2O6S. The van der Waals surface area contributed by atoms with Crippen LogP contribution < -0.4 is 9.74 Å². The van der Waals surface area contributed by atoms with E-state index in [0.29, 0.717) is 22.9 Å². The van der Waals surface area contributed by atoms with Gasteiger partial charge in [0.2, 0.25) is 5.69 Å². The zero-order chi connectivity index (χ0) is 24.4. The summed E-state index contributed by atoms with van der Waals surface area (Å²) in [7, 11) is -5.16. The van der Waals surface area contributed by atoms with Gasteiger partial charge in [0.15, 0.2) is 5.75 Å². The molecule has 1 aromatic heterocycles. The Labute approximate surface area is 184 Å². The van der Waals surface area contributed by atoms with Gasteiger partial charge in [-0.25, -0.2) is 9.18 Å². The van der Waals surface area contributed by atoms with Crippen molar-refractivity contribution >= 4 is 16.1 Å². The molecule has 0 radical (unpaired) electrons. The number of nitrogens with zero attached hydrogens (tertiary/aromatic N) is 2. The van der Waals surface area contributed by atoms with E-state index in [1.807, 2.05) is 0 Å². The molecule has 0 spiro atoms. The van der Waals surface area contributed by atoms with Crippen molar-refractivity contribution in [3.63, 3.8) is 0 Å². The minimum atomic E-state index is -5.16. The summed E-state index contributed by atoms with van der Waals surface area (Å²) in [5.41, 5.74) is -3.29. The molecule has 1 heterocycles. The Morgan fingerprint density at radius 2 is 1.73 bits per heavy atom. The van der Waals surface area contributed by atoms with Crippen molar-refractivity contribution in [2.24, 2.45) is 0 Å². The predicted molar refractivity (Wildman–Crippen MR) is 105 cm³/mol. The zero-order valence-electron chi connectivity index (χ0n) is 16.7. The molecule has 3 rings (SSSR count). The third-order valence-electron chi connectivity index (χ3n) is 4.10. The lowest BCUT2D eigenvalue weighted by Gasteiger charge is -2.15. The molecule has 2 aromatic carbocycles. The van der Waals surface area contributed by atoms with Gasteiger partial charge in [-0.1, -0.05) is 12.1 Å². The van der Waals surface area contributed by atoms with Crippen LogP contribution in [0.25, 0.3) is 5.69 Å². The highest BCUT2D eigenvalue weighted by Crippen LogP contribution is 2.35. The molecule has 0 bridgehead atoms. The maximum Gasteiger partial charge on any atom is 0.417 e. The highest BCUT2D eigenvalue weighted by molar-refractivity contribution is 7.87. The smallest absolute Gasteiger partial charge is 0.417 e. The lowest BCUT2D eigenvalue weighted by Crippen LogP contribution is -2.26. The SMILES string of the molecule is CCOC(=O)c1nn(-c2ccc(F)cc2)c(=O)cc1OS(=O)(=O)c1ccccc1C(F)(F)F. The third-order valence-corrected chi connectivity index (χ3v) is 5.39. The lowest BCUT2D eigenvalue weighted by atomic mass is 10.2. The molecule has 0 saturated carbocycles. The molecule has 0 aliphatic heterocycles.